The molecule has 41 heavy (non-hydrogen) atoms. The SMILES string of the molecule is Cc1cc(Cl)cc(-c2cc(Nc3ccc(C=N[NH2+]c4ncc(F)c(N5CCOCC5)n4)nc3)cc(C(F)(F)F)c2)c1. The number of benzene rings is 2. The fraction of sp³-hybridized carbons (Fsp3) is 0.214. The lowest BCUT2D eigenvalue weighted by atomic mass is 10.00. The number of aryl methyl sites for hydroxylation is 1. The molecule has 13 heteroatoms. The van der Waals surface area contributed by atoms with Crippen molar-refractivity contribution in [1.29, 1.82) is 0 Å². The normalized spacial score (nSPS) is 14.0. The summed E-state index contributed by atoms with van der Waals surface area (Å²) in [5, 5.41) is 7.61. The van der Waals surface area contributed by atoms with Gasteiger partial charge in [-0.2, -0.15) is 28.6 Å². The third-order valence-corrected chi connectivity index (χ3v) is 6.38. The van der Waals surface area contributed by atoms with Crippen LogP contribution in [0.15, 0.2) is 66.0 Å². The van der Waals surface area contributed by atoms with Crippen molar-refractivity contribution in [2.75, 3.05) is 36.5 Å². The van der Waals surface area contributed by atoms with Gasteiger partial charge in [-0.15, -0.1) is 0 Å². The Morgan fingerprint density at radius 2 is 1.78 bits per heavy atom. The topological polar surface area (TPSA) is 92.1 Å². The Morgan fingerprint density at radius 1 is 1.00 bits per heavy atom. The molecule has 5 rings (SSSR count). The number of anilines is 3. The molecule has 8 nitrogen and oxygen atoms in total. The third-order valence-electron chi connectivity index (χ3n) is 6.16. The number of alkyl halides is 3. The Balaban J connectivity index is 1.29. The number of nitrogens with one attached hydrogen (secondary N) is 1. The molecular weight excluding hydrogens is 562 g/mol. The minimum atomic E-state index is -4.54. The summed E-state index contributed by atoms with van der Waals surface area (Å²) in [6.07, 6.45) is -0.485. The van der Waals surface area contributed by atoms with Crippen LogP contribution in [-0.4, -0.2) is 47.5 Å². The molecule has 0 unspecified atom stereocenters. The summed E-state index contributed by atoms with van der Waals surface area (Å²) in [7, 11) is 0. The van der Waals surface area contributed by atoms with Crippen LogP contribution in [0.25, 0.3) is 11.1 Å². The number of nitrogens with two attached hydrogens (primary N) is 1. The molecule has 0 spiro atoms. The van der Waals surface area contributed by atoms with E-state index in [0.717, 1.165) is 23.9 Å². The maximum atomic E-state index is 14.2. The number of ether oxygens (including phenoxy) is 1. The summed E-state index contributed by atoms with van der Waals surface area (Å²) in [4.78, 5) is 14.3. The van der Waals surface area contributed by atoms with Gasteiger partial charge in [0.25, 0.3) is 0 Å². The van der Waals surface area contributed by atoms with Crippen LogP contribution in [0.3, 0.4) is 0 Å². The number of halogens is 5. The molecule has 0 saturated carbocycles. The molecule has 3 N–H and O–H groups in total. The third kappa shape index (κ3) is 7.34. The summed E-state index contributed by atoms with van der Waals surface area (Å²) in [5.74, 6) is -0.0902. The van der Waals surface area contributed by atoms with Crippen molar-refractivity contribution in [1.82, 2.24) is 15.0 Å². The molecule has 1 aliphatic rings. The molecule has 0 amide bonds. The van der Waals surface area contributed by atoms with Crippen LogP contribution in [0.5, 0.6) is 0 Å². The van der Waals surface area contributed by atoms with E-state index in [1.54, 1.807) is 41.3 Å². The Bertz CT molecular complexity index is 1540. The number of quaternary nitrogens is 1. The van der Waals surface area contributed by atoms with Gasteiger partial charge < -0.3 is 15.0 Å². The molecule has 0 radical (unpaired) electrons. The molecule has 1 aliphatic heterocycles. The van der Waals surface area contributed by atoms with E-state index in [-0.39, 0.29) is 17.5 Å². The number of nitrogens with zero attached hydrogens (tertiary/aromatic N) is 5. The van der Waals surface area contributed by atoms with Gasteiger partial charge in [-0.25, -0.2) is 4.39 Å². The smallest absolute Gasteiger partial charge is 0.378 e. The standard InChI is InChI=1S/C28H24ClF4N7O/c1-17-8-18(11-21(29)9-17)19-10-20(28(31,32)33)13-24(12-19)37-23-3-2-22(34-14-23)15-36-39-27-35-16-25(30)26(38-27)40-4-6-41-7-5-40/h2-3,8-16,37H,4-7H2,1H3,(H,35,38,39)/p+1. The average Bonchev–Trinajstić information content (AvgIpc) is 2.94. The zero-order valence-corrected chi connectivity index (χ0v) is 22.5. The molecule has 2 aromatic heterocycles. The van der Waals surface area contributed by atoms with Crippen molar-refractivity contribution in [3.8, 4) is 11.1 Å². The number of pyridine rings is 1. The fourth-order valence-electron chi connectivity index (χ4n) is 4.27. The van der Waals surface area contributed by atoms with Crippen LogP contribution < -0.4 is 15.6 Å². The van der Waals surface area contributed by atoms with Gasteiger partial charge in [0.2, 0.25) is 0 Å². The van der Waals surface area contributed by atoms with Crippen molar-refractivity contribution in [3.05, 3.63) is 88.6 Å². The molecule has 0 bridgehead atoms. The summed E-state index contributed by atoms with van der Waals surface area (Å²) in [6.45, 7) is 3.87. The van der Waals surface area contributed by atoms with Gasteiger partial charge in [-0.3, -0.25) is 4.98 Å². The molecule has 4 aromatic rings. The second kappa shape index (κ2) is 12.2. The van der Waals surface area contributed by atoms with Gasteiger partial charge >= 0.3 is 12.1 Å². The Morgan fingerprint density at radius 3 is 2.49 bits per heavy atom. The Kier molecular flexibility index (Phi) is 8.43. The zero-order chi connectivity index (χ0) is 29.0. The number of aromatic nitrogens is 3. The monoisotopic (exact) mass is 586 g/mol. The predicted octanol–water partition coefficient (Wildman–Crippen LogP) is 5.47. The van der Waals surface area contributed by atoms with Crippen molar-refractivity contribution < 1.29 is 27.7 Å². The van der Waals surface area contributed by atoms with E-state index in [2.05, 4.69) is 25.4 Å². The van der Waals surface area contributed by atoms with E-state index >= 15 is 0 Å². The minimum Gasteiger partial charge on any atom is -0.378 e. The van der Waals surface area contributed by atoms with E-state index in [1.165, 1.54) is 17.8 Å². The number of morpholine rings is 1. The zero-order valence-electron chi connectivity index (χ0n) is 21.8. The number of rotatable bonds is 7. The lowest BCUT2D eigenvalue weighted by molar-refractivity contribution is -0.584. The highest BCUT2D eigenvalue weighted by atomic mass is 35.5. The van der Waals surface area contributed by atoms with E-state index in [1.807, 2.05) is 6.92 Å². The molecule has 3 heterocycles. The van der Waals surface area contributed by atoms with Crippen molar-refractivity contribution in [2.24, 2.45) is 5.10 Å². The maximum absolute atomic E-state index is 14.2. The highest BCUT2D eigenvalue weighted by molar-refractivity contribution is 6.31. The van der Waals surface area contributed by atoms with Crippen molar-refractivity contribution in [2.45, 2.75) is 13.1 Å². The Hall–Kier alpha value is -4.13. The summed E-state index contributed by atoms with van der Waals surface area (Å²) >= 11 is 6.14. The largest absolute Gasteiger partial charge is 0.416 e. The first-order chi connectivity index (χ1) is 19.6. The molecule has 212 valence electrons. The van der Waals surface area contributed by atoms with Gasteiger partial charge in [0.15, 0.2) is 11.6 Å². The van der Waals surface area contributed by atoms with E-state index in [0.29, 0.717) is 53.8 Å². The van der Waals surface area contributed by atoms with Crippen LogP contribution in [0.2, 0.25) is 5.02 Å². The van der Waals surface area contributed by atoms with Crippen LogP contribution in [-0.2, 0) is 10.9 Å². The highest BCUT2D eigenvalue weighted by Gasteiger charge is 2.31. The van der Waals surface area contributed by atoms with Crippen molar-refractivity contribution in [3.63, 3.8) is 0 Å². The molecule has 0 atom stereocenters. The Labute approximate surface area is 238 Å². The first kappa shape index (κ1) is 28.4. The van der Waals surface area contributed by atoms with Gasteiger partial charge in [-0.05, 0) is 66.1 Å². The van der Waals surface area contributed by atoms with Gasteiger partial charge in [0.1, 0.15) is 6.21 Å². The molecule has 1 fully saturated rings. The average molecular weight is 587 g/mol. The van der Waals surface area contributed by atoms with Gasteiger partial charge in [-0.1, -0.05) is 22.8 Å². The maximum Gasteiger partial charge on any atom is 0.416 e. The van der Waals surface area contributed by atoms with Crippen LogP contribution >= 0.6 is 11.6 Å². The molecule has 2 aromatic carbocycles. The van der Waals surface area contributed by atoms with Gasteiger partial charge in [0, 0.05) is 23.8 Å². The summed E-state index contributed by atoms with van der Waals surface area (Å²) in [5.41, 5.74) is 3.60. The summed E-state index contributed by atoms with van der Waals surface area (Å²) < 4.78 is 60.5. The van der Waals surface area contributed by atoms with Gasteiger partial charge in [0.05, 0.1) is 42.6 Å². The fourth-order valence-corrected chi connectivity index (χ4v) is 4.56. The quantitative estimate of drug-likeness (QED) is 0.129. The number of hydrogen-bond donors (Lipinski definition) is 2. The summed E-state index contributed by atoms with van der Waals surface area (Å²) in [6, 6.07) is 12.2. The van der Waals surface area contributed by atoms with E-state index in [9.17, 15) is 17.6 Å². The lowest BCUT2D eigenvalue weighted by Gasteiger charge is -2.27. The van der Waals surface area contributed by atoms with Crippen molar-refractivity contribution >= 4 is 41.0 Å². The van der Waals surface area contributed by atoms with E-state index in [4.69, 9.17) is 16.3 Å². The first-order valence-electron chi connectivity index (χ1n) is 12.6. The van der Waals surface area contributed by atoms with E-state index < -0.39 is 17.6 Å². The van der Waals surface area contributed by atoms with Crippen LogP contribution in [0, 0.1) is 12.7 Å². The predicted molar refractivity (Wildman–Crippen MR) is 148 cm³/mol. The second-order valence-electron chi connectivity index (χ2n) is 9.32. The molecule has 1 saturated heterocycles. The molecule has 0 aliphatic carbocycles. The second-order valence-corrected chi connectivity index (χ2v) is 9.75. The number of hydrogen-bond acceptors (Lipinski definition) is 7. The minimum absolute atomic E-state index is 0.196. The molecular formula is C28H25ClF4N7O+. The van der Waals surface area contributed by atoms with Crippen LogP contribution in [0.1, 0.15) is 16.8 Å². The lowest BCUT2D eigenvalue weighted by Crippen LogP contribution is -2.72. The highest BCUT2D eigenvalue weighted by Crippen LogP contribution is 2.36. The first-order valence-corrected chi connectivity index (χ1v) is 13.0. The van der Waals surface area contributed by atoms with Crippen LogP contribution in [0.4, 0.5) is 40.7 Å².